The molecule has 2 atom stereocenters. The quantitative estimate of drug-likeness (QED) is 0.531. The lowest BCUT2D eigenvalue weighted by Crippen LogP contribution is -2.59. The second-order valence-electron chi connectivity index (χ2n) is 3.16. The lowest BCUT2D eigenvalue weighted by Gasteiger charge is -2.37. The van der Waals surface area contributed by atoms with Crippen LogP contribution >= 0.6 is 0 Å². The molecule has 1 fully saturated rings. The van der Waals surface area contributed by atoms with Crippen LogP contribution in [0, 0.1) is 5.92 Å². The third-order valence-electron chi connectivity index (χ3n) is 2.24. The van der Waals surface area contributed by atoms with Gasteiger partial charge in [-0.2, -0.15) is 8.78 Å². The molecule has 0 aromatic heterocycles. The Bertz CT molecular complexity index is 301. The van der Waals surface area contributed by atoms with Gasteiger partial charge in [0.2, 0.25) is 5.78 Å². The van der Waals surface area contributed by atoms with Crippen LogP contribution < -0.4 is 0 Å². The molecule has 6 heteroatoms. The van der Waals surface area contributed by atoms with Crippen LogP contribution in [0.1, 0.15) is 6.42 Å². The van der Waals surface area contributed by atoms with E-state index in [0.717, 1.165) is 6.08 Å². The lowest BCUT2D eigenvalue weighted by atomic mass is 9.75. The van der Waals surface area contributed by atoms with Gasteiger partial charge in [-0.1, -0.05) is 6.58 Å². The molecule has 3 nitrogen and oxygen atoms in total. The summed E-state index contributed by atoms with van der Waals surface area (Å²) >= 11 is 0. The maximum atomic E-state index is 12.7. The van der Waals surface area contributed by atoms with Gasteiger partial charge < -0.3 is 4.74 Å². The van der Waals surface area contributed by atoms with Crippen molar-refractivity contribution in [3.8, 4) is 0 Å². The van der Waals surface area contributed by atoms with E-state index in [9.17, 15) is 22.8 Å². The van der Waals surface area contributed by atoms with E-state index in [-0.39, 0.29) is 13.0 Å². The molecule has 0 aliphatic heterocycles. The molecule has 1 saturated carbocycles. The lowest BCUT2D eigenvalue weighted by molar-refractivity contribution is -0.193. The summed E-state index contributed by atoms with van der Waals surface area (Å²) in [6.07, 6.45) is -1.65. The van der Waals surface area contributed by atoms with Crippen LogP contribution in [0.4, 0.5) is 13.2 Å². The van der Waals surface area contributed by atoms with Crippen molar-refractivity contribution in [1.82, 2.24) is 0 Å². The topological polar surface area (TPSA) is 43.4 Å². The Morgan fingerprint density at radius 1 is 1.60 bits per heavy atom. The van der Waals surface area contributed by atoms with Gasteiger partial charge in [0, 0.05) is 6.08 Å². The molecule has 1 aliphatic carbocycles. The van der Waals surface area contributed by atoms with E-state index in [1.165, 1.54) is 0 Å². The van der Waals surface area contributed by atoms with Gasteiger partial charge >= 0.3 is 11.9 Å². The highest BCUT2D eigenvalue weighted by molar-refractivity contribution is 5.96. The largest absolute Gasteiger partial charge is 0.463 e. The molecule has 0 spiro atoms. The molecule has 0 saturated heterocycles. The van der Waals surface area contributed by atoms with Gasteiger partial charge in [-0.15, -0.1) is 0 Å². The fourth-order valence-electron chi connectivity index (χ4n) is 1.31. The van der Waals surface area contributed by atoms with Crippen molar-refractivity contribution in [3.05, 3.63) is 12.7 Å². The molecule has 0 amide bonds. The molecule has 84 valence electrons. The minimum Gasteiger partial charge on any atom is -0.463 e. The van der Waals surface area contributed by atoms with Crippen molar-refractivity contribution in [1.29, 1.82) is 0 Å². The Labute approximate surface area is 83.9 Å². The van der Waals surface area contributed by atoms with Crippen molar-refractivity contribution in [2.24, 2.45) is 5.92 Å². The monoisotopic (exact) mass is 222 g/mol. The maximum absolute atomic E-state index is 12.7. The molecule has 0 radical (unpaired) electrons. The average molecular weight is 222 g/mol. The summed E-state index contributed by atoms with van der Waals surface area (Å²) in [6, 6.07) is 0. The van der Waals surface area contributed by atoms with E-state index in [2.05, 4.69) is 11.3 Å². The van der Waals surface area contributed by atoms with Crippen molar-refractivity contribution in [2.45, 2.75) is 18.5 Å². The summed E-state index contributed by atoms with van der Waals surface area (Å²) in [5.74, 6) is -7.76. The van der Waals surface area contributed by atoms with Crippen LogP contribution in [0.25, 0.3) is 0 Å². The summed E-state index contributed by atoms with van der Waals surface area (Å²) < 4.78 is 42.5. The smallest absolute Gasteiger partial charge is 0.330 e. The number of esters is 1. The highest BCUT2D eigenvalue weighted by Crippen LogP contribution is 2.44. The van der Waals surface area contributed by atoms with Crippen LogP contribution in [0.5, 0.6) is 0 Å². The van der Waals surface area contributed by atoms with Crippen LogP contribution in [-0.2, 0) is 14.3 Å². The second kappa shape index (κ2) is 4.04. The number of Topliss-reactive ketones (excluding diaryl/α,β-unsaturated/α-hetero) is 1. The van der Waals surface area contributed by atoms with Crippen molar-refractivity contribution in [3.63, 3.8) is 0 Å². The Hall–Kier alpha value is -1.33. The fourth-order valence-corrected chi connectivity index (χ4v) is 1.31. The number of rotatable bonds is 4. The molecule has 2 unspecified atom stereocenters. The standard InChI is InChI=1S/C9H9F3O3/c1-2-6(13)15-4-3-5-7(10)8(14)9(5,11)12/h2,5,7H,1,3-4H2. The van der Waals surface area contributed by atoms with Gasteiger partial charge in [-0.25, -0.2) is 9.18 Å². The van der Waals surface area contributed by atoms with Crippen LogP contribution in [0.2, 0.25) is 0 Å². The Kier molecular flexibility index (Phi) is 3.16. The molecule has 15 heavy (non-hydrogen) atoms. The molecule has 1 aliphatic rings. The van der Waals surface area contributed by atoms with Crippen LogP contribution in [0.15, 0.2) is 12.7 Å². The molecule has 0 bridgehead atoms. The van der Waals surface area contributed by atoms with Gasteiger partial charge in [-0.05, 0) is 6.42 Å². The zero-order valence-corrected chi connectivity index (χ0v) is 7.71. The number of carbonyl (C=O) groups excluding carboxylic acids is 2. The first kappa shape index (κ1) is 11.7. The van der Waals surface area contributed by atoms with Crippen molar-refractivity contribution in [2.75, 3.05) is 6.61 Å². The maximum Gasteiger partial charge on any atom is 0.330 e. The van der Waals surface area contributed by atoms with E-state index in [4.69, 9.17) is 0 Å². The summed E-state index contributed by atoms with van der Waals surface area (Å²) in [5.41, 5.74) is 0. The molecule has 1 rings (SSSR count). The highest BCUT2D eigenvalue weighted by Gasteiger charge is 2.65. The first-order valence-electron chi connectivity index (χ1n) is 4.26. The molecule has 0 aromatic carbocycles. The summed E-state index contributed by atoms with van der Waals surface area (Å²) in [5, 5.41) is 0. The third kappa shape index (κ3) is 2.03. The summed E-state index contributed by atoms with van der Waals surface area (Å²) in [4.78, 5) is 20.9. The first-order valence-corrected chi connectivity index (χ1v) is 4.26. The molecule has 0 N–H and O–H groups in total. The number of halogens is 3. The van der Waals surface area contributed by atoms with Crippen molar-refractivity contribution >= 4 is 11.8 Å². The number of carbonyl (C=O) groups is 2. The zero-order valence-electron chi connectivity index (χ0n) is 7.71. The van der Waals surface area contributed by atoms with E-state index in [1.54, 1.807) is 0 Å². The molecular weight excluding hydrogens is 213 g/mol. The van der Waals surface area contributed by atoms with Gasteiger partial charge in [0.15, 0.2) is 6.17 Å². The highest BCUT2D eigenvalue weighted by atomic mass is 19.3. The van der Waals surface area contributed by atoms with Crippen LogP contribution in [-0.4, -0.2) is 30.5 Å². The average Bonchev–Trinajstić information content (AvgIpc) is 2.22. The van der Waals surface area contributed by atoms with E-state index in [1.807, 2.05) is 0 Å². The van der Waals surface area contributed by atoms with E-state index < -0.39 is 29.8 Å². The van der Waals surface area contributed by atoms with Crippen LogP contribution in [0.3, 0.4) is 0 Å². The predicted molar refractivity (Wildman–Crippen MR) is 44.1 cm³/mol. The van der Waals surface area contributed by atoms with Gasteiger partial charge in [-0.3, -0.25) is 4.79 Å². The minimum atomic E-state index is -3.62. The summed E-state index contributed by atoms with van der Waals surface area (Å²) in [6.45, 7) is 2.75. The fraction of sp³-hybridized carbons (Fsp3) is 0.556. The van der Waals surface area contributed by atoms with Gasteiger partial charge in [0.05, 0.1) is 12.5 Å². The molecule has 0 aromatic rings. The van der Waals surface area contributed by atoms with Gasteiger partial charge in [0.25, 0.3) is 0 Å². The van der Waals surface area contributed by atoms with E-state index in [0.29, 0.717) is 0 Å². The Morgan fingerprint density at radius 3 is 2.67 bits per heavy atom. The number of ether oxygens (including phenoxy) is 1. The number of hydrogen-bond donors (Lipinski definition) is 0. The number of ketones is 1. The molecular formula is C9H9F3O3. The predicted octanol–water partition coefficient (Wildman–Crippen LogP) is 1.28. The van der Waals surface area contributed by atoms with Crippen molar-refractivity contribution < 1.29 is 27.5 Å². The number of hydrogen-bond acceptors (Lipinski definition) is 3. The van der Waals surface area contributed by atoms with Gasteiger partial charge in [0.1, 0.15) is 0 Å². The minimum absolute atomic E-state index is 0.348. The normalized spacial score (nSPS) is 28.1. The Balaban J connectivity index is 2.37. The third-order valence-corrected chi connectivity index (χ3v) is 2.24. The van der Waals surface area contributed by atoms with E-state index >= 15 is 0 Å². The molecule has 0 heterocycles. The number of alkyl halides is 3. The second-order valence-corrected chi connectivity index (χ2v) is 3.16. The zero-order chi connectivity index (χ0) is 11.6. The Morgan fingerprint density at radius 2 is 2.20 bits per heavy atom. The SMILES string of the molecule is C=CC(=O)OCCC1C(F)C(=O)C1(F)F. The first-order chi connectivity index (χ1) is 6.91. The summed E-state index contributed by atoms with van der Waals surface area (Å²) in [7, 11) is 0.